The molecule has 0 heterocycles. The summed E-state index contributed by atoms with van der Waals surface area (Å²) in [4.78, 5) is 9.87. The van der Waals surface area contributed by atoms with E-state index < -0.39 is 7.60 Å². The molecule has 0 fully saturated rings. The van der Waals surface area contributed by atoms with Crippen molar-refractivity contribution in [3.63, 3.8) is 0 Å². The molecule has 4 heteroatoms. The first-order valence-electron chi connectivity index (χ1n) is 11.6. The zero-order valence-corrected chi connectivity index (χ0v) is 18.7. The third kappa shape index (κ3) is 20.5. The van der Waals surface area contributed by atoms with Crippen molar-refractivity contribution < 1.29 is 14.0 Å². The van der Waals surface area contributed by atoms with E-state index in [4.69, 9.17) is 4.52 Å². The van der Waals surface area contributed by atoms with Gasteiger partial charge >= 0.3 is 7.60 Å². The van der Waals surface area contributed by atoms with Crippen LogP contribution in [0.4, 0.5) is 0 Å². The van der Waals surface area contributed by atoms with Gasteiger partial charge in [-0.1, -0.05) is 117 Å². The summed E-state index contributed by atoms with van der Waals surface area (Å²) >= 11 is 0. The highest BCUT2D eigenvalue weighted by atomic mass is 31.2. The standard InChI is InChI=1S/C22H47O3P/c1-3-5-7-9-11-13-14-16-18-20-22-26(23,24)25-21-19-17-15-12-10-8-6-4-2/h3-22H2,1-2H3,(H,23,24). The summed E-state index contributed by atoms with van der Waals surface area (Å²) < 4.78 is 17.3. The molecule has 0 saturated heterocycles. The number of unbranched alkanes of at least 4 members (excludes halogenated alkanes) is 16. The van der Waals surface area contributed by atoms with Gasteiger partial charge < -0.3 is 9.42 Å². The monoisotopic (exact) mass is 390 g/mol. The second-order valence-corrected chi connectivity index (χ2v) is 9.83. The van der Waals surface area contributed by atoms with Crippen LogP contribution in [-0.2, 0) is 9.09 Å². The van der Waals surface area contributed by atoms with E-state index in [-0.39, 0.29) is 0 Å². The Balaban J connectivity index is 3.33. The second kappa shape index (κ2) is 19.9. The molecule has 158 valence electrons. The average Bonchev–Trinajstić information content (AvgIpc) is 2.62. The SMILES string of the molecule is CCCCCCCCCCCCP(=O)(O)OCCCCCCCCCC. The summed E-state index contributed by atoms with van der Waals surface area (Å²) in [5.74, 6) is 0. The van der Waals surface area contributed by atoms with Gasteiger partial charge in [0.2, 0.25) is 0 Å². The summed E-state index contributed by atoms with van der Waals surface area (Å²) in [6.45, 7) is 4.93. The second-order valence-electron chi connectivity index (χ2n) is 7.85. The molecule has 1 unspecified atom stereocenters. The van der Waals surface area contributed by atoms with Crippen LogP contribution < -0.4 is 0 Å². The van der Waals surface area contributed by atoms with Gasteiger partial charge in [0.1, 0.15) is 0 Å². The predicted molar refractivity (Wildman–Crippen MR) is 115 cm³/mol. The summed E-state index contributed by atoms with van der Waals surface area (Å²) in [6.07, 6.45) is 22.6. The highest BCUT2D eigenvalue weighted by molar-refractivity contribution is 7.52. The van der Waals surface area contributed by atoms with Crippen LogP contribution in [0.3, 0.4) is 0 Å². The minimum absolute atomic E-state index is 0.334. The summed E-state index contributed by atoms with van der Waals surface area (Å²) in [5, 5.41) is 0. The molecule has 0 aliphatic heterocycles. The van der Waals surface area contributed by atoms with Gasteiger partial charge in [0.15, 0.2) is 0 Å². The summed E-state index contributed by atoms with van der Waals surface area (Å²) in [7, 11) is -3.34. The predicted octanol–water partition coefficient (Wildman–Crippen LogP) is 8.25. The molecule has 0 amide bonds. The van der Waals surface area contributed by atoms with E-state index in [0.29, 0.717) is 12.8 Å². The molecule has 0 saturated carbocycles. The topological polar surface area (TPSA) is 46.5 Å². The van der Waals surface area contributed by atoms with Crippen LogP contribution in [0.1, 0.15) is 129 Å². The Morgan fingerprint density at radius 3 is 1.35 bits per heavy atom. The Hall–Kier alpha value is 0.150. The minimum atomic E-state index is -3.34. The first-order chi connectivity index (χ1) is 12.6. The number of hydrogen-bond donors (Lipinski definition) is 1. The highest BCUT2D eigenvalue weighted by Gasteiger charge is 2.17. The van der Waals surface area contributed by atoms with E-state index in [0.717, 1.165) is 25.7 Å². The third-order valence-electron chi connectivity index (χ3n) is 5.09. The Morgan fingerprint density at radius 1 is 0.577 bits per heavy atom. The van der Waals surface area contributed by atoms with E-state index in [9.17, 15) is 9.46 Å². The van der Waals surface area contributed by atoms with Crippen LogP contribution in [0.2, 0.25) is 0 Å². The van der Waals surface area contributed by atoms with Crippen LogP contribution in [-0.4, -0.2) is 17.7 Å². The lowest BCUT2D eigenvalue weighted by molar-refractivity contribution is 0.251. The van der Waals surface area contributed by atoms with Crippen molar-refractivity contribution in [2.45, 2.75) is 129 Å². The van der Waals surface area contributed by atoms with Crippen molar-refractivity contribution in [1.29, 1.82) is 0 Å². The van der Waals surface area contributed by atoms with E-state index in [2.05, 4.69) is 13.8 Å². The lowest BCUT2D eigenvalue weighted by Crippen LogP contribution is -1.97. The van der Waals surface area contributed by atoms with Crippen LogP contribution in [0.15, 0.2) is 0 Å². The van der Waals surface area contributed by atoms with Crippen LogP contribution >= 0.6 is 7.60 Å². The maximum atomic E-state index is 12.0. The van der Waals surface area contributed by atoms with E-state index >= 15 is 0 Å². The maximum absolute atomic E-state index is 12.0. The minimum Gasteiger partial charge on any atom is -0.324 e. The Kier molecular flexibility index (Phi) is 20.0. The van der Waals surface area contributed by atoms with Gasteiger partial charge in [0, 0.05) is 6.16 Å². The van der Waals surface area contributed by atoms with Crippen molar-refractivity contribution in [3.8, 4) is 0 Å². The smallest absolute Gasteiger partial charge is 0.324 e. The van der Waals surface area contributed by atoms with Gasteiger partial charge in [0.25, 0.3) is 0 Å². The number of rotatable bonds is 21. The molecule has 0 spiro atoms. The van der Waals surface area contributed by atoms with E-state index in [1.165, 1.54) is 89.9 Å². The van der Waals surface area contributed by atoms with Crippen LogP contribution in [0.25, 0.3) is 0 Å². The fourth-order valence-corrected chi connectivity index (χ4v) is 4.47. The lowest BCUT2D eigenvalue weighted by atomic mass is 10.1. The van der Waals surface area contributed by atoms with Crippen molar-refractivity contribution in [2.75, 3.05) is 12.8 Å². The van der Waals surface area contributed by atoms with Crippen LogP contribution in [0, 0.1) is 0 Å². The zero-order chi connectivity index (χ0) is 19.3. The molecule has 0 aromatic rings. The van der Waals surface area contributed by atoms with Gasteiger partial charge in [-0.3, -0.25) is 4.57 Å². The zero-order valence-electron chi connectivity index (χ0n) is 17.9. The molecule has 0 aliphatic rings. The quantitative estimate of drug-likeness (QED) is 0.158. The van der Waals surface area contributed by atoms with Crippen LogP contribution in [0.5, 0.6) is 0 Å². The Morgan fingerprint density at radius 2 is 0.923 bits per heavy atom. The van der Waals surface area contributed by atoms with Gasteiger partial charge in [0.05, 0.1) is 6.61 Å². The molecule has 3 nitrogen and oxygen atoms in total. The molecule has 0 bridgehead atoms. The molecular formula is C22H47O3P. The molecule has 1 N–H and O–H groups in total. The third-order valence-corrected chi connectivity index (χ3v) is 6.55. The molecule has 26 heavy (non-hydrogen) atoms. The molecule has 0 aromatic heterocycles. The van der Waals surface area contributed by atoms with Crippen molar-refractivity contribution >= 4 is 7.60 Å². The van der Waals surface area contributed by atoms with Crippen molar-refractivity contribution in [1.82, 2.24) is 0 Å². The van der Waals surface area contributed by atoms with E-state index in [1.54, 1.807) is 0 Å². The summed E-state index contributed by atoms with van der Waals surface area (Å²) in [5.41, 5.74) is 0. The Labute approximate surface area is 164 Å². The highest BCUT2D eigenvalue weighted by Crippen LogP contribution is 2.43. The van der Waals surface area contributed by atoms with Crippen molar-refractivity contribution in [2.24, 2.45) is 0 Å². The molecule has 1 atom stereocenters. The van der Waals surface area contributed by atoms with Crippen molar-refractivity contribution in [3.05, 3.63) is 0 Å². The largest absolute Gasteiger partial charge is 0.328 e. The molecule has 0 radical (unpaired) electrons. The fraction of sp³-hybridized carbons (Fsp3) is 1.00. The molecular weight excluding hydrogens is 343 g/mol. The maximum Gasteiger partial charge on any atom is 0.328 e. The van der Waals surface area contributed by atoms with Gasteiger partial charge in [-0.2, -0.15) is 0 Å². The number of hydrogen-bond acceptors (Lipinski definition) is 2. The summed E-state index contributed by atoms with van der Waals surface area (Å²) in [6, 6.07) is 0. The molecule has 0 aromatic carbocycles. The van der Waals surface area contributed by atoms with Gasteiger partial charge in [-0.15, -0.1) is 0 Å². The average molecular weight is 391 g/mol. The fourth-order valence-electron chi connectivity index (χ4n) is 3.31. The van der Waals surface area contributed by atoms with E-state index in [1.807, 2.05) is 0 Å². The lowest BCUT2D eigenvalue weighted by Gasteiger charge is -2.12. The molecule has 0 rings (SSSR count). The Bertz CT molecular complexity index is 321. The first-order valence-corrected chi connectivity index (χ1v) is 13.3. The first kappa shape index (κ1) is 26.1. The van der Waals surface area contributed by atoms with Gasteiger partial charge in [-0.25, -0.2) is 0 Å². The molecule has 0 aliphatic carbocycles. The normalized spacial score (nSPS) is 13.8. The van der Waals surface area contributed by atoms with Gasteiger partial charge in [-0.05, 0) is 12.8 Å².